The summed E-state index contributed by atoms with van der Waals surface area (Å²) >= 11 is 0. The van der Waals surface area contributed by atoms with Gasteiger partial charge < -0.3 is 19.7 Å². The maximum atomic E-state index is 15.2. The largest absolute Gasteiger partial charge is 0.493 e. The second-order valence-electron chi connectivity index (χ2n) is 9.09. The summed E-state index contributed by atoms with van der Waals surface area (Å²) in [5.41, 5.74) is 1.58. The number of amides is 1. The summed E-state index contributed by atoms with van der Waals surface area (Å²) in [4.78, 5) is 31.2. The van der Waals surface area contributed by atoms with E-state index >= 15 is 8.78 Å². The molecule has 2 heterocycles. The third-order valence-electron chi connectivity index (χ3n) is 6.93. The van der Waals surface area contributed by atoms with E-state index in [0.29, 0.717) is 29.9 Å². The van der Waals surface area contributed by atoms with E-state index in [1.807, 2.05) is 30.3 Å². The van der Waals surface area contributed by atoms with Gasteiger partial charge in [-0.05, 0) is 47.7 Å². The van der Waals surface area contributed by atoms with E-state index < -0.39 is 22.7 Å². The lowest BCUT2D eigenvalue weighted by molar-refractivity contribution is -0.121. The average Bonchev–Trinajstić information content (AvgIpc) is 3.70. The molecule has 7 nitrogen and oxygen atoms in total. The SMILES string of the molecule is C=CC(=O)Cc1ccccc1Nc1cc2c(cn1)CN(c1c(F)c(OC)cc(OC)c1F)C(=O)C21CC1. The molecule has 0 atom stereocenters. The Morgan fingerprint density at radius 1 is 1.16 bits per heavy atom. The van der Waals surface area contributed by atoms with Crippen LogP contribution in [0.25, 0.3) is 0 Å². The summed E-state index contributed by atoms with van der Waals surface area (Å²) in [5.74, 6) is -2.36. The van der Waals surface area contributed by atoms with Gasteiger partial charge in [0.1, 0.15) is 11.5 Å². The number of nitrogens with zero attached hydrogens (tertiary/aromatic N) is 2. The number of methoxy groups -OCH3 is 2. The molecule has 1 fully saturated rings. The Kier molecular flexibility index (Phi) is 6.15. The number of nitrogens with one attached hydrogen (secondary N) is 1. The lowest BCUT2D eigenvalue weighted by Gasteiger charge is -2.35. The van der Waals surface area contributed by atoms with Crippen LogP contribution < -0.4 is 19.7 Å². The molecule has 0 bridgehead atoms. The molecule has 1 saturated carbocycles. The predicted molar refractivity (Wildman–Crippen MR) is 134 cm³/mol. The molecule has 1 amide bonds. The molecule has 0 radical (unpaired) electrons. The lowest BCUT2D eigenvalue weighted by atomic mass is 9.86. The van der Waals surface area contributed by atoms with Gasteiger partial charge in [-0.25, -0.2) is 13.8 Å². The molecule has 3 aromatic rings. The fourth-order valence-electron chi connectivity index (χ4n) is 4.83. The predicted octanol–water partition coefficient (Wildman–Crippen LogP) is 5.00. The summed E-state index contributed by atoms with van der Waals surface area (Å²) in [6.07, 6.45) is 4.19. The van der Waals surface area contributed by atoms with Crippen LogP contribution in [-0.4, -0.2) is 30.9 Å². The molecule has 5 rings (SSSR count). The van der Waals surface area contributed by atoms with Gasteiger partial charge in [0.25, 0.3) is 0 Å². The zero-order chi connectivity index (χ0) is 26.3. The van der Waals surface area contributed by atoms with Crippen molar-refractivity contribution >= 4 is 28.9 Å². The zero-order valence-corrected chi connectivity index (χ0v) is 20.4. The van der Waals surface area contributed by atoms with E-state index in [0.717, 1.165) is 22.1 Å². The number of carbonyl (C=O) groups excluding carboxylic acids is 2. The van der Waals surface area contributed by atoms with Crippen LogP contribution in [0, 0.1) is 11.6 Å². The number of anilines is 3. The maximum Gasteiger partial charge on any atom is 0.238 e. The smallest absolute Gasteiger partial charge is 0.238 e. The Balaban J connectivity index is 1.52. The molecule has 1 spiro atoms. The van der Waals surface area contributed by atoms with E-state index in [1.54, 1.807) is 6.20 Å². The van der Waals surface area contributed by atoms with Crippen molar-refractivity contribution in [1.29, 1.82) is 0 Å². The van der Waals surface area contributed by atoms with Crippen molar-refractivity contribution in [2.45, 2.75) is 31.2 Å². The first-order chi connectivity index (χ1) is 17.8. The summed E-state index contributed by atoms with van der Waals surface area (Å²) in [6.45, 7) is 3.47. The molecule has 190 valence electrons. The number of para-hydroxylation sites is 1. The molecule has 1 N–H and O–H groups in total. The van der Waals surface area contributed by atoms with Crippen LogP contribution >= 0.6 is 0 Å². The Morgan fingerprint density at radius 3 is 2.46 bits per heavy atom. The van der Waals surface area contributed by atoms with E-state index in [-0.39, 0.29) is 36.2 Å². The van der Waals surface area contributed by atoms with Crippen LogP contribution in [0.4, 0.5) is 26.0 Å². The fourth-order valence-corrected chi connectivity index (χ4v) is 4.83. The number of ketones is 1. The lowest BCUT2D eigenvalue weighted by Crippen LogP contribution is -2.45. The van der Waals surface area contributed by atoms with Gasteiger partial charge in [0.2, 0.25) is 5.91 Å². The second kappa shape index (κ2) is 9.31. The van der Waals surface area contributed by atoms with Crippen molar-refractivity contribution in [3.8, 4) is 11.5 Å². The molecule has 2 aromatic carbocycles. The maximum absolute atomic E-state index is 15.2. The molecule has 2 aliphatic rings. The van der Waals surface area contributed by atoms with Gasteiger partial charge in [-0.2, -0.15) is 0 Å². The molecular weight excluding hydrogens is 480 g/mol. The van der Waals surface area contributed by atoms with Crippen molar-refractivity contribution in [2.24, 2.45) is 0 Å². The number of fused-ring (bicyclic) bond motifs is 2. The number of ether oxygens (including phenoxy) is 2. The fraction of sp³-hybridized carbons (Fsp3) is 0.250. The minimum absolute atomic E-state index is 0.0578. The van der Waals surface area contributed by atoms with Crippen molar-refractivity contribution in [1.82, 2.24) is 4.98 Å². The van der Waals surface area contributed by atoms with Crippen LogP contribution in [0.1, 0.15) is 29.5 Å². The van der Waals surface area contributed by atoms with Gasteiger partial charge >= 0.3 is 0 Å². The Hall–Kier alpha value is -4.27. The Bertz CT molecular complexity index is 1410. The molecule has 1 aliphatic heterocycles. The number of pyridine rings is 1. The monoisotopic (exact) mass is 505 g/mol. The number of halogens is 2. The molecule has 37 heavy (non-hydrogen) atoms. The zero-order valence-electron chi connectivity index (χ0n) is 20.4. The number of hydrogen-bond acceptors (Lipinski definition) is 6. The topological polar surface area (TPSA) is 80.8 Å². The number of rotatable bonds is 8. The Morgan fingerprint density at radius 2 is 1.84 bits per heavy atom. The summed E-state index contributed by atoms with van der Waals surface area (Å²) in [7, 11) is 2.53. The third-order valence-corrected chi connectivity index (χ3v) is 6.93. The van der Waals surface area contributed by atoms with E-state index in [4.69, 9.17) is 9.47 Å². The standard InChI is InChI=1S/C28H25F2N3O4/c1-4-18(34)11-16-7-5-6-8-20(16)32-23-12-19-17(14-31-23)15-33(27(35)28(19)9-10-28)26-24(29)21(36-2)13-22(37-3)25(26)30/h4-8,12-14H,1,9-11,15H2,2-3H3,(H,31,32). The first-order valence-electron chi connectivity index (χ1n) is 11.7. The highest BCUT2D eigenvalue weighted by Gasteiger charge is 2.57. The first kappa shape index (κ1) is 24.4. The summed E-state index contributed by atoms with van der Waals surface area (Å²) in [5, 5.41) is 3.25. The van der Waals surface area contributed by atoms with Crippen molar-refractivity contribution in [3.63, 3.8) is 0 Å². The highest BCUT2D eigenvalue weighted by molar-refractivity contribution is 6.05. The van der Waals surface area contributed by atoms with Crippen molar-refractivity contribution in [3.05, 3.63) is 83.6 Å². The van der Waals surface area contributed by atoms with Crippen LogP contribution in [0.5, 0.6) is 11.5 Å². The van der Waals surface area contributed by atoms with Gasteiger partial charge in [0, 0.05) is 24.4 Å². The highest BCUT2D eigenvalue weighted by atomic mass is 19.1. The van der Waals surface area contributed by atoms with E-state index in [9.17, 15) is 9.59 Å². The van der Waals surface area contributed by atoms with Crippen molar-refractivity contribution in [2.75, 3.05) is 24.4 Å². The van der Waals surface area contributed by atoms with E-state index in [2.05, 4.69) is 16.9 Å². The summed E-state index contributed by atoms with van der Waals surface area (Å²) in [6, 6.07) is 10.3. The van der Waals surface area contributed by atoms with Gasteiger partial charge in [0.15, 0.2) is 28.9 Å². The number of carbonyl (C=O) groups is 2. The van der Waals surface area contributed by atoms with Gasteiger partial charge in [-0.1, -0.05) is 24.8 Å². The molecule has 0 saturated heterocycles. The molecule has 9 heteroatoms. The second-order valence-corrected chi connectivity index (χ2v) is 9.09. The number of benzene rings is 2. The van der Waals surface area contributed by atoms with Gasteiger partial charge in [-0.3, -0.25) is 9.59 Å². The normalized spacial score (nSPS) is 15.2. The van der Waals surface area contributed by atoms with Crippen LogP contribution in [0.15, 0.2) is 55.3 Å². The summed E-state index contributed by atoms with van der Waals surface area (Å²) < 4.78 is 40.6. The molecule has 0 unspecified atom stereocenters. The average molecular weight is 506 g/mol. The van der Waals surface area contributed by atoms with E-state index in [1.165, 1.54) is 20.3 Å². The number of hydrogen-bond donors (Lipinski definition) is 1. The molecular formula is C28H25F2N3O4. The van der Waals surface area contributed by atoms with Crippen LogP contribution in [0.3, 0.4) is 0 Å². The van der Waals surface area contributed by atoms with Crippen LogP contribution in [-0.2, 0) is 28.0 Å². The Labute approximate surface area is 212 Å². The van der Waals surface area contributed by atoms with Crippen molar-refractivity contribution < 1.29 is 27.8 Å². The number of aromatic nitrogens is 1. The van der Waals surface area contributed by atoms with Crippen LogP contribution in [0.2, 0.25) is 0 Å². The minimum atomic E-state index is -0.967. The highest BCUT2D eigenvalue weighted by Crippen LogP contribution is 2.55. The first-order valence-corrected chi connectivity index (χ1v) is 11.7. The minimum Gasteiger partial charge on any atom is -0.493 e. The molecule has 1 aliphatic carbocycles. The number of allylic oxidation sites excluding steroid dienone is 1. The molecule has 1 aromatic heterocycles. The van der Waals surface area contributed by atoms with Gasteiger partial charge in [0.05, 0.1) is 26.2 Å². The van der Waals surface area contributed by atoms with Gasteiger partial charge in [-0.15, -0.1) is 0 Å². The quantitative estimate of drug-likeness (QED) is 0.434. The third kappa shape index (κ3) is 4.10.